The number of anilines is 2. The lowest BCUT2D eigenvalue weighted by atomic mass is 9.87. The molecule has 5 N–H and O–H groups in total. The fourth-order valence-corrected chi connectivity index (χ4v) is 3.55. The number of aliphatic hydroxyl groups is 1. The van der Waals surface area contributed by atoms with Crippen LogP contribution in [0.2, 0.25) is 0 Å². The predicted molar refractivity (Wildman–Crippen MR) is 83.6 cm³/mol. The van der Waals surface area contributed by atoms with Crippen LogP contribution in [0.15, 0.2) is 23.1 Å². The van der Waals surface area contributed by atoms with E-state index in [1.165, 1.54) is 19.2 Å². The Morgan fingerprint density at radius 2 is 2.00 bits per heavy atom. The molecule has 2 rings (SSSR count). The van der Waals surface area contributed by atoms with E-state index >= 15 is 0 Å². The molecule has 1 fully saturated rings. The third-order valence-electron chi connectivity index (χ3n) is 4.26. The average molecular weight is 313 g/mol. The van der Waals surface area contributed by atoms with E-state index in [2.05, 4.69) is 10.0 Å². The number of hydrogen-bond acceptors (Lipinski definition) is 5. The average Bonchev–Trinajstić information content (AvgIpc) is 2.95. The lowest BCUT2D eigenvalue weighted by molar-refractivity contribution is 0.142. The number of nitrogens with one attached hydrogen (secondary N) is 2. The minimum atomic E-state index is -3.48. The van der Waals surface area contributed by atoms with E-state index in [1.807, 2.05) is 0 Å². The van der Waals surface area contributed by atoms with Crippen LogP contribution in [0, 0.1) is 5.41 Å². The third-order valence-corrected chi connectivity index (χ3v) is 5.67. The summed E-state index contributed by atoms with van der Waals surface area (Å²) in [6.45, 7) is 0.804. The van der Waals surface area contributed by atoms with Crippen molar-refractivity contribution >= 4 is 21.4 Å². The highest BCUT2D eigenvalue weighted by Crippen LogP contribution is 2.38. The Bertz CT molecular complexity index is 595. The molecule has 0 radical (unpaired) electrons. The second kappa shape index (κ2) is 6.21. The van der Waals surface area contributed by atoms with Gasteiger partial charge in [0.1, 0.15) is 0 Å². The van der Waals surface area contributed by atoms with Crippen molar-refractivity contribution in [3.63, 3.8) is 0 Å². The fourth-order valence-electron chi connectivity index (χ4n) is 2.79. The summed E-state index contributed by atoms with van der Waals surface area (Å²) in [5.41, 5.74) is 6.93. The Kier molecular flexibility index (Phi) is 4.75. The summed E-state index contributed by atoms with van der Waals surface area (Å²) in [6.07, 6.45) is 4.28. The highest BCUT2D eigenvalue weighted by Gasteiger charge is 2.33. The van der Waals surface area contributed by atoms with Gasteiger partial charge in [0.2, 0.25) is 10.0 Å². The molecule has 1 aliphatic rings. The molecule has 0 heterocycles. The Hall–Kier alpha value is -1.31. The van der Waals surface area contributed by atoms with E-state index in [1.54, 1.807) is 6.07 Å². The monoisotopic (exact) mass is 313 g/mol. The molecule has 21 heavy (non-hydrogen) atoms. The van der Waals surface area contributed by atoms with E-state index in [0.29, 0.717) is 17.9 Å². The number of sulfonamides is 1. The number of rotatable bonds is 6. The summed E-state index contributed by atoms with van der Waals surface area (Å²) in [5.74, 6) is 0. The molecule has 1 aromatic carbocycles. The van der Waals surface area contributed by atoms with Crippen LogP contribution in [0.4, 0.5) is 11.4 Å². The van der Waals surface area contributed by atoms with Gasteiger partial charge in [-0.1, -0.05) is 12.8 Å². The maximum atomic E-state index is 11.7. The van der Waals surface area contributed by atoms with E-state index in [4.69, 9.17) is 5.73 Å². The number of aliphatic hydroxyl groups excluding tert-OH is 1. The molecule has 0 spiro atoms. The maximum Gasteiger partial charge on any atom is 0.240 e. The van der Waals surface area contributed by atoms with Crippen molar-refractivity contribution in [1.82, 2.24) is 4.72 Å². The molecule has 118 valence electrons. The Morgan fingerprint density at radius 3 is 2.52 bits per heavy atom. The molecule has 0 saturated heterocycles. The van der Waals surface area contributed by atoms with Crippen LogP contribution in [0.3, 0.4) is 0 Å². The molecule has 6 nitrogen and oxygen atoms in total. The molecule has 0 aromatic heterocycles. The molecule has 1 saturated carbocycles. The highest BCUT2D eigenvalue weighted by molar-refractivity contribution is 7.89. The van der Waals surface area contributed by atoms with Crippen LogP contribution >= 0.6 is 0 Å². The molecule has 1 aliphatic carbocycles. The topological polar surface area (TPSA) is 104 Å². The first-order chi connectivity index (χ1) is 9.92. The quantitative estimate of drug-likeness (QED) is 0.590. The van der Waals surface area contributed by atoms with E-state index in [9.17, 15) is 13.5 Å². The second-order valence-electron chi connectivity index (χ2n) is 5.68. The van der Waals surface area contributed by atoms with E-state index in [-0.39, 0.29) is 16.9 Å². The molecule has 0 amide bonds. The van der Waals surface area contributed by atoms with Crippen molar-refractivity contribution in [2.24, 2.45) is 5.41 Å². The standard InChI is InChI=1S/C14H23N3O3S/c1-16-21(19,20)11-4-5-13(12(15)8-11)17-9-14(10-18)6-2-3-7-14/h4-5,8,16-18H,2-3,6-7,9-10,15H2,1H3. The first-order valence-electron chi connectivity index (χ1n) is 7.10. The van der Waals surface area contributed by atoms with Crippen molar-refractivity contribution < 1.29 is 13.5 Å². The van der Waals surface area contributed by atoms with Crippen molar-refractivity contribution in [2.45, 2.75) is 30.6 Å². The third kappa shape index (κ3) is 3.48. The van der Waals surface area contributed by atoms with Gasteiger partial charge < -0.3 is 16.2 Å². The lowest BCUT2D eigenvalue weighted by Crippen LogP contribution is -2.30. The summed E-state index contributed by atoms with van der Waals surface area (Å²) in [4.78, 5) is 0.144. The zero-order chi connectivity index (χ0) is 15.5. The van der Waals surface area contributed by atoms with Gasteiger partial charge in [-0.05, 0) is 38.1 Å². The summed E-state index contributed by atoms with van der Waals surface area (Å²) >= 11 is 0. The minimum absolute atomic E-state index is 0.0812. The van der Waals surface area contributed by atoms with Crippen LogP contribution in [0.25, 0.3) is 0 Å². The van der Waals surface area contributed by atoms with Crippen LogP contribution < -0.4 is 15.8 Å². The molecule has 0 atom stereocenters. The zero-order valence-electron chi connectivity index (χ0n) is 12.2. The number of hydrogen-bond donors (Lipinski definition) is 4. The van der Waals surface area contributed by atoms with Crippen LogP contribution in [-0.4, -0.2) is 33.7 Å². The Labute approximate surface area is 125 Å². The van der Waals surface area contributed by atoms with Gasteiger partial charge in [-0.15, -0.1) is 0 Å². The summed E-state index contributed by atoms with van der Waals surface area (Å²) < 4.78 is 25.7. The normalized spacial score (nSPS) is 17.8. The molecule has 1 aromatic rings. The maximum absolute atomic E-state index is 11.7. The molecular weight excluding hydrogens is 290 g/mol. The van der Waals surface area contributed by atoms with Crippen molar-refractivity contribution in [2.75, 3.05) is 31.2 Å². The summed E-state index contributed by atoms with van der Waals surface area (Å²) in [5, 5.41) is 12.8. The Morgan fingerprint density at radius 1 is 1.33 bits per heavy atom. The van der Waals surface area contributed by atoms with E-state index in [0.717, 1.165) is 25.7 Å². The number of nitrogen functional groups attached to an aromatic ring is 1. The fraction of sp³-hybridized carbons (Fsp3) is 0.571. The van der Waals surface area contributed by atoms with Gasteiger partial charge in [0.05, 0.1) is 22.9 Å². The largest absolute Gasteiger partial charge is 0.397 e. The van der Waals surface area contributed by atoms with Crippen molar-refractivity contribution in [3.8, 4) is 0 Å². The van der Waals surface area contributed by atoms with Gasteiger partial charge in [-0.25, -0.2) is 13.1 Å². The van der Waals surface area contributed by atoms with Crippen LogP contribution in [-0.2, 0) is 10.0 Å². The molecule has 7 heteroatoms. The number of benzene rings is 1. The van der Waals surface area contributed by atoms with Crippen LogP contribution in [0.5, 0.6) is 0 Å². The van der Waals surface area contributed by atoms with E-state index < -0.39 is 10.0 Å². The second-order valence-corrected chi connectivity index (χ2v) is 7.56. The zero-order valence-corrected chi connectivity index (χ0v) is 13.0. The van der Waals surface area contributed by atoms with Gasteiger partial charge in [0, 0.05) is 12.0 Å². The summed E-state index contributed by atoms with van der Waals surface area (Å²) in [6, 6.07) is 4.62. The van der Waals surface area contributed by atoms with Crippen molar-refractivity contribution in [3.05, 3.63) is 18.2 Å². The first-order valence-corrected chi connectivity index (χ1v) is 8.59. The first kappa shape index (κ1) is 16.1. The van der Waals surface area contributed by atoms with Gasteiger partial charge in [0.25, 0.3) is 0 Å². The van der Waals surface area contributed by atoms with Crippen LogP contribution in [0.1, 0.15) is 25.7 Å². The van der Waals surface area contributed by atoms with Gasteiger partial charge in [-0.3, -0.25) is 0 Å². The molecular formula is C14H23N3O3S. The smallest absolute Gasteiger partial charge is 0.240 e. The van der Waals surface area contributed by atoms with Gasteiger partial charge in [-0.2, -0.15) is 0 Å². The minimum Gasteiger partial charge on any atom is -0.397 e. The predicted octanol–water partition coefficient (Wildman–Crippen LogP) is 1.14. The van der Waals surface area contributed by atoms with Crippen molar-refractivity contribution in [1.29, 1.82) is 0 Å². The number of nitrogens with two attached hydrogens (primary N) is 1. The lowest BCUT2D eigenvalue weighted by Gasteiger charge is -2.27. The Balaban J connectivity index is 2.11. The summed E-state index contributed by atoms with van der Waals surface area (Å²) in [7, 11) is -2.12. The van der Waals surface area contributed by atoms with Gasteiger partial charge >= 0.3 is 0 Å². The SMILES string of the molecule is CNS(=O)(=O)c1ccc(NCC2(CO)CCCC2)c(N)c1. The highest BCUT2D eigenvalue weighted by atomic mass is 32.2. The molecule has 0 aliphatic heterocycles. The molecule has 0 unspecified atom stereocenters. The van der Waals surface area contributed by atoms with Gasteiger partial charge in [0.15, 0.2) is 0 Å². The molecule has 0 bridgehead atoms.